The van der Waals surface area contributed by atoms with Crippen molar-refractivity contribution in [3.63, 3.8) is 0 Å². The summed E-state index contributed by atoms with van der Waals surface area (Å²) in [6, 6.07) is 18.4. The minimum Gasteiger partial charge on any atom is -0.481 e. The molecule has 0 atom stereocenters. The largest absolute Gasteiger partial charge is 0.481 e. The van der Waals surface area contributed by atoms with Crippen molar-refractivity contribution in [1.82, 2.24) is 15.2 Å². The first-order valence-corrected chi connectivity index (χ1v) is 8.64. The summed E-state index contributed by atoms with van der Waals surface area (Å²) in [6.45, 7) is 0. The topological polar surface area (TPSA) is 78.9 Å². The number of aromatic nitrogens is 3. The molecular weight excluding hydrogens is 322 g/mol. The number of hydrogen-bond acceptors (Lipinski definition) is 4. The number of benzene rings is 2. The summed E-state index contributed by atoms with van der Waals surface area (Å²) in [6.07, 6.45) is 0.779. The van der Waals surface area contributed by atoms with Gasteiger partial charge in [0.1, 0.15) is 0 Å². The summed E-state index contributed by atoms with van der Waals surface area (Å²) in [5, 5.41) is 16.4. The lowest BCUT2D eigenvalue weighted by Gasteiger charge is -2.02. The molecule has 1 heterocycles. The highest BCUT2D eigenvalue weighted by Gasteiger charge is 2.07. The normalized spacial score (nSPS) is 10.7. The molecule has 24 heavy (non-hydrogen) atoms. The van der Waals surface area contributed by atoms with Crippen LogP contribution in [-0.4, -0.2) is 32.0 Å². The maximum atomic E-state index is 10.5. The van der Waals surface area contributed by atoms with Gasteiger partial charge in [0.2, 0.25) is 5.16 Å². The summed E-state index contributed by atoms with van der Waals surface area (Å²) < 4.78 is 0. The van der Waals surface area contributed by atoms with Gasteiger partial charge in [-0.3, -0.25) is 9.89 Å². The van der Waals surface area contributed by atoms with Crippen LogP contribution in [0.15, 0.2) is 59.8 Å². The Balaban J connectivity index is 1.64. The minimum atomic E-state index is -0.773. The smallest absolute Gasteiger partial charge is 0.303 e. The number of aliphatic carboxylic acids is 1. The van der Waals surface area contributed by atoms with Crippen LogP contribution in [0.5, 0.6) is 0 Å². The number of hydrogen-bond donors (Lipinski definition) is 2. The first-order valence-electron chi connectivity index (χ1n) is 7.65. The predicted molar refractivity (Wildman–Crippen MR) is 94.8 cm³/mol. The third-order valence-corrected chi connectivity index (χ3v) is 4.43. The molecule has 0 spiro atoms. The van der Waals surface area contributed by atoms with Gasteiger partial charge in [-0.05, 0) is 17.5 Å². The van der Waals surface area contributed by atoms with Crippen LogP contribution in [0.25, 0.3) is 22.5 Å². The number of carbonyl (C=O) groups is 1. The fourth-order valence-corrected chi connectivity index (χ4v) is 3.02. The Labute approximate surface area is 144 Å². The van der Waals surface area contributed by atoms with Crippen LogP contribution >= 0.6 is 11.8 Å². The lowest BCUT2D eigenvalue weighted by Crippen LogP contribution is -1.94. The molecule has 5 nitrogen and oxygen atoms in total. The molecule has 0 aliphatic carbocycles. The molecule has 3 aromatic rings. The van der Waals surface area contributed by atoms with Crippen molar-refractivity contribution in [2.24, 2.45) is 0 Å². The quantitative estimate of drug-likeness (QED) is 0.500. The second-order valence-electron chi connectivity index (χ2n) is 5.26. The highest BCUT2D eigenvalue weighted by atomic mass is 32.2. The maximum absolute atomic E-state index is 10.5. The summed E-state index contributed by atoms with van der Waals surface area (Å²) in [4.78, 5) is 14.9. The third kappa shape index (κ3) is 4.23. The van der Waals surface area contributed by atoms with Crippen LogP contribution in [0.4, 0.5) is 0 Å². The molecule has 0 fully saturated rings. The molecule has 2 N–H and O–H groups in total. The Bertz CT molecular complexity index is 801. The van der Waals surface area contributed by atoms with Gasteiger partial charge in [0.25, 0.3) is 0 Å². The Morgan fingerprint density at radius 1 is 1.00 bits per heavy atom. The molecule has 0 aliphatic rings. The van der Waals surface area contributed by atoms with Crippen molar-refractivity contribution in [3.8, 4) is 22.5 Å². The number of thioether (sulfide) groups is 1. The van der Waals surface area contributed by atoms with Crippen LogP contribution in [-0.2, 0) is 4.79 Å². The van der Waals surface area contributed by atoms with Crippen LogP contribution < -0.4 is 0 Å². The number of aromatic amines is 1. The SMILES string of the molecule is O=C(O)CCCSc1n[nH]c(-c2ccc(-c3ccccc3)cc2)n1. The van der Waals surface area contributed by atoms with Gasteiger partial charge >= 0.3 is 5.97 Å². The highest BCUT2D eigenvalue weighted by Crippen LogP contribution is 2.24. The van der Waals surface area contributed by atoms with E-state index in [2.05, 4.69) is 39.4 Å². The van der Waals surface area contributed by atoms with Gasteiger partial charge in [-0.2, -0.15) is 0 Å². The second-order valence-corrected chi connectivity index (χ2v) is 6.32. The molecule has 122 valence electrons. The summed E-state index contributed by atoms with van der Waals surface area (Å²) in [5.41, 5.74) is 3.30. The molecule has 1 aromatic heterocycles. The fraction of sp³-hybridized carbons (Fsp3) is 0.167. The number of H-pyrrole nitrogens is 1. The lowest BCUT2D eigenvalue weighted by atomic mass is 10.0. The van der Waals surface area contributed by atoms with Gasteiger partial charge in [0.05, 0.1) is 0 Å². The van der Waals surface area contributed by atoms with E-state index in [1.807, 2.05) is 30.3 Å². The van der Waals surface area contributed by atoms with Crippen LogP contribution in [0.2, 0.25) is 0 Å². The van der Waals surface area contributed by atoms with Crippen molar-refractivity contribution >= 4 is 17.7 Å². The molecular formula is C18H17N3O2S. The first kappa shape index (κ1) is 16.3. The predicted octanol–water partition coefficient (Wildman–Crippen LogP) is 4.10. The van der Waals surface area contributed by atoms with E-state index in [9.17, 15) is 4.79 Å². The van der Waals surface area contributed by atoms with Gasteiger partial charge < -0.3 is 5.11 Å². The molecule has 0 radical (unpaired) electrons. The molecule has 0 saturated heterocycles. The van der Waals surface area contributed by atoms with Gasteiger partial charge in [-0.1, -0.05) is 66.4 Å². The Hall–Kier alpha value is -2.60. The second kappa shape index (κ2) is 7.79. The van der Waals surface area contributed by atoms with Crippen molar-refractivity contribution in [2.75, 3.05) is 5.75 Å². The third-order valence-electron chi connectivity index (χ3n) is 3.50. The van der Waals surface area contributed by atoms with E-state index in [1.165, 1.54) is 17.3 Å². The van der Waals surface area contributed by atoms with Crippen molar-refractivity contribution in [2.45, 2.75) is 18.0 Å². The molecule has 3 rings (SSSR count). The van der Waals surface area contributed by atoms with Crippen LogP contribution in [0, 0.1) is 0 Å². The van der Waals surface area contributed by atoms with Gasteiger partial charge in [0, 0.05) is 17.7 Å². The van der Waals surface area contributed by atoms with Crippen molar-refractivity contribution in [3.05, 3.63) is 54.6 Å². The monoisotopic (exact) mass is 339 g/mol. The molecule has 6 heteroatoms. The number of carboxylic acids is 1. The number of rotatable bonds is 7. The molecule has 0 bridgehead atoms. The van der Waals surface area contributed by atoms with Gasteiger partial charge in [0.15, 0.2) is 5.82 Å². The van der Waals surface area contributed by atoms with E-state index in [1.54, 1.807) is 0 Å². The zero-order valence-electron chi connectivity index (χ0n) is 13.0. The van der Waals surface area contributed by atoms with E-state index in [0.717, 1.165) is 17.0 Å². The standard InChI is InChI=1S/C18H17N3O2S/c22-16(23)7-4-12-24-18-19-17(20-21-18)15-10-8-14(9-11-15)13-5-2-1-3-6-13/h1-3,5-6,8-11H,4,7,12H2,(H,22,23)(H,19,20,21). The Morgan fingerprint density at radius 3 is 2.38 bits per heavy atom. The molecule has 0 amide bonds. The van der Waals surface area contributed by atoms with E-state index in [4.69, 9.17) is 5.11 Å². The number of nitrogens with one attached hydrogen (secondary N) is 1. The molecule has 0 aliphatic heterocycles. The molecule has 0 unspecified atom stereocenters. The van der Waals surface area contributed by atoms with E-state index >= 15 is 0 Å². The van der Waals surface area contributed by atoms with Crippen LogP contribution in [0.3, 0.4) is 0 Å². The first-order chi connectivity index (χ1) is 11.7. The molecule has 0 saturated carbocycles. The average Bonchev–Trinajstić information content (AvgIpc) is 3.08. The molecule has 2 aromatic carbocycles. The van der Waals surface area contributed by atoms with E-state index < -0.39 is 5.97 Å². The van der Waals surface area contributed by atoms with Gasteiger partial charge in [-0.25, -0.2) is 4.98 Å². The Kier molecular flexibility index (Phi) is 5.28. The number of nitrogens with zero attached hydrogens (tertiary/aromatic N) is 2. The maximum Gasteiger partial charge on any atom is 0.303 e. The summed E-state index contributed by atoms with van der Waals surface area (Å²) >= 11 is 1.46. The Morgan fingerprint density at radius 2 is 1.67 bits per heavy atom. The van der Waals surface area contributed by atoms with E-state index in [-0.39, 0.29) is 6.42 Å². The highest BCUT2D eigenvalue weighted by molar-refractivity contribution is 7.99. The summed E-state index contributed by atoms with van der Waals surface area (Å²) in [7, 11) is 0. The van der Waals surface area contributed by atoms with E-state index in [0.29, 0.717) is 17.3 Å². The zero-order chi connectivity index (χ0) is 16.8. The van der Waals surface area contributed by atoms with Crippen molar-refractivity contribution in [1.29, 1.82) is 0 Å². The van der Waals surface area contributed by atoms with Crippen molar-refractivity contribution < 1.29 is 9.90 Å². The minimum absolute atomic E-state index is 0.172. The zero-order valence-corrected chi connectivity index (χ0v) is 13.8. The number of carboxylic acid groups (broad SMARTS) is 1. The average molecular weight is 339 g/mol. The van der Waals surface area contributed by atoms with Gasteiger partial charge in [-0.15, -0.1) is 5.10 Å². The fourth-order valence-electron chi connectivity index (χ4n) is 2.28. The summed E-state index contributed by atoms with van der Waals surface area (Å²) in [5.74, 6) is 0.636. The lowest BCUT2D eigenvalue weighted by molar-refractivity contribution is -0.137. The van der Waals surface area contributed by atoms with Crippen LogP contribution in [0.1, 0.15) is 12.8 Å².